The van der Waals surface area contributed by atoms with E-state index in [-0.39, 0.29) is 5.91 Å². The molecule has 1 heterocycles. The highest BCUT2D eigenvalue weighted by Crippen LogP contribution is 2.23. The van der Waals surface area contributed by atoms with E-state index < -0.39 is 0 Å². The number of nitrogens with one attached hydrogen (secondary N) is 1. The van der Waals surface area contributed by atoms with E-state index in [9.17, 15) is 4.79 Å². The number of nitrogen functional groups attached to an aromatic ring is 1. The molecule has 0 saturated heterocycles. The maximum absolute atomic E-state index is 12.2. The van der Waals surface area contributed by atoms with Gasteiger partial charge in [-0.15, -0.1) is 0 Å². The number of halogens is 1. The van der Waals surface area contributed by atoms with Gasteiger partial charge in [0, 0.05) is 5.69 Å². The summed E-state index contributed by atoms with van der Waals surface area (Å²) in [6.07, 6.45) is 1.49. The van der Waals surface area contributed by atoms with Crippen molar-refractivity contribution in [1.82, 2.24) is 4.98 Å². The summed E-state index contributed by atoms with van der Waals surface area (Å²) >= 11 is 5.84. The van der Waals surface area contributed by atoms with Crippen molar-refractivity contribution >= 4 is 28.9 Å². The standard InChI is InChI=1S/C14H14ClN3O2/c1-8-5-10(7-17-13(8)15)18-14(19)11-6-9(16)3-4-12(11)20-2/h3-7H,16H2,1-2H3,(H,18,19). The number of nitrogens with two attached hydrogens (primary N) is 1. The summed E-state index contributed by atoms with van der Waals surface area (Å²) in [5, 5.41) is 3.14. The topological polar surface area (TPSA) is 77.2 Å². The summed E-state index contributed by atoms with van der Waals surface area (Å²) in [6.45, 7) is 1.81. The molecular formula is C14H14ClN3O2. The first kappa shape index (κ1) is 14.1. The monoisotopic (exact) mass is 291 g/mol. The number of aromatic nitrogens is 1. The molecule has 1 aromatic heterocycles. The maximum atomic E-state index is 12.2. The molecule has 6 heteroatoms. The minimum Gasteiger partial charge on any atom is -0.496 e. The molecule has 20 heavy (non-hydrogen) atoms. The SMILES string of the molecule is COc1ccc(N)cc1C(=O)Nc1cnc(Cl)c(C)c1. The van der Waals surface area contributed by atoms with Crippen LogP contribution in [0.15, 0.2) is 30.5 Å². The lowest BCUT2D eigenvalue weighted by Crippen LogP contribution is -2.14. The maximum Gasteiger partial charge on any atom is 0.259 e. The molecule has 0 spiro atoms. The lowest BCUT2D eigenvalue weighted by atomic mass is 10.1. The van der Waals surface area contributed by atoms with Gasteiger partial charge in [-0.1, -0.05) is 11.6 Å². The molecule has 0 unspecified atom stereocenters. The molecule has 0 radical (unpaired) electrons. The number of carbonyl (C=O) groups is 1. The Morgan fingerprint density at radius 2 is 2.15 bits per heavy atom. The molecule has 104 valence electrons. The van der Waals surface area contributed by atoms with Crippen molar-refractivity contribution in [3.05, 3.63) is 46.7 Å². The smallest absolute Gasteiger partial charge is 0.259 e. The average molecular weight is 292 g/mol. The van der Waals surface area contributed by atoms with Gasteiger partial charge in [0.25, 0.3) is 5.91 Å². The zero-order valence-corrected chi connectivity index (χ0v) is 11.9. The van der Waals surface area contributed by atoms with E-state index in [4.69, 9.17) is 22.1 Å². The molecule has 0 aliphatic heterocycles. The Labute approximate surface area is 121 Å². The number of methoxy groups -OCH3 is 1. The van der Waals surface area contributed by atoms with Crippen molar-refractivity contribution in [2.75, 3.05) is 18.2 Å². The van der Waals surface area contributed by atoms with Crippen LogP contribution < -0.4 is 15.8 Å². The molecule has 1 aromatic carbocycles. The van der Waals surface area contributed by atoms with Gasteiger partial charge in [-0.25, -0.2) is 4.98 Å². The van der Waals surface area contributed by atoms with Gasteiger partial charge < -0.3 is 15.8 Å². The van der Waals surface area contributed by atoms with Crippen LogP contribution in [-0.4, -0.2) is 18.0 Å². The van der Waals surface area contributed by atoms with Gasteiger partial charge >= 0.3 is 0 Å². The summed E-state index contributed by atoms with van der Waals surface area (Å²) in [4.78, 5) is 16.2. The fourth-order valence-corrected chi connectivity index (χ4v) is 1.83. The van der Waals surface area contributed by atoms with Crippen molar-refractivity contribution < 1.29 is 9.53 Å². The molecule has 0 aliphatic carbocycles. The minimum absolute atomic E-state index is 0.322. The Balaban J connectivity index is 2.27. The van der Waals surface area contributed by atoms with E-state index in [0.29, 0.717) is 27.8 Å². The van der Waals surface area contributed by atoms with Crippen LogP contribution >= 0.6 is 11.6 Å². The molecular weight excluding hydrogens is 278 g/mol. The highest BCUT2D eigenvalue weighted by atomic mass is 35.5. The van der Waals surface area contributed by atoms with Gasteiger partial charge in [0.1, 0.15) is 10.9 Å². The van der Waals surface area contributed by atoms with Gasteiger partial charge in [-0.3, -0.25) is 4.79 Å². The van der Waals surface area contributed by atoms with Crippen LogP contribution in [0.3, 0.4) is 0 Å². The third kappa shape index (κ3) is 3.00. The predicted molar refractivity (Wildman–Crippen MR) is 79.3 cm³/mol. The molecule has 0 aliphatic rings. The van der Waals surface area contributed by atoms with Crippen LogP contribution in [-0.2, 0) is 0 Å². The third-order valence-corrected chi connectivity index (χ3v) is 3.14. The number of nitrogens with zero attached hydrogens (tertiary/aromatic N) is 1. The fourth-order valence-electron chi connectivity index (χ4n) is 1.73. The zero-order valence-electron chi connectivity index (χ0n) is 11.1. The van der Waals surface area contributed by atoms with Crippen molar-refractivity contribution in [3.63, 3.8) is 0 Å². The molecule has 2 aromatic rings. The highest BCUT2D eigenvalue weighted by Gasteiger charge is 2.13. The first-order chi connectivity index (χ1) is 9.51. The molecule has 0 saturated carbocycles. The largest absolute Gasteiger partial charge is 0.496 e. The summed E-state index contributed by atoms with van der Waals surface area (Å²) in [5.74, 6) is 0.132. The van der Waals surface area contributed by atoms with E-state index in [1.54, 1.807) is 24.3 Å². The second-order valence-electron chi connectivity index (χ2n) is 4.25. The van der Waals surface area contributed by atoms with Crippen molar-refractivity contribution in [1.29, 1.82) is 0 Å². The predicted octanol–water partition coefficient (Wildman–Crippen LogP) is 2.89. The van der Waals surface area contributed by atoms with Crippen LogP contribution in [0.2, 0.25) is 5.15 Å². The second kappa shape index (κ2) is 5.79. The quantitative estimate of drug-likeness (QED) is 0.673. The Kier molecular flexibility index (Phi) is 4.10. The number of hydrogen-bond acceptors (Lipinski definition) is 4. The van der Waals surface area contributed by atoms with Gasteiger partial charge in [0.05, 0.1) is 24.6 Å². The van der Waals surface area contributed by atoms with Gasteiger partial charge in [-0.2, -0.15) is 0 Å². The van der Waals surface area contributed by atoms with Gasteiger partial charge in [-0.05, 0) is 36.8 Å². The number of pyridine rings is 1. The minimum atomic E-state index is -0.322. The number of hydrogen-bond donors (Lipinski definition) is 2. The molecule has 5 nitrogen and oxygen atoms in total. The summed E-state index contributed by atoms with van der Waals surface area (Å²) in [6, 6.07) is 6.62. The highest BCUT2D eigenvalue weighted by molar-refractivity contribution is 6.30. The lowest BCUT2D eigenvalue weighted by Gasteiger charge is -2.10. The Hall–Kier alpha value is -2.27. The zero-order chi connectivity index (χ0) is 14.7. The van der Waals surface area contributed by atoms with E-state index in [1.807, 2.05) is 6.92 Å². The molecule has 0 bridgehead atoms. The lowest BCUT2D eigenvalue weighted by molar-refractivity contribution is 0.102. The fraction of sp³-hybridized carbons (Fsp3) is 0.143. The summed E-state index contributed by atoms with van der Waals surface area (Å²) in [5.41, 5.74) is 7.88. The number of benzene rings is 1. The Morgan fingerprint density at radius 3 is 2.80 bits per heavy atom. The third-order valence-electron chi connectivity index (χ3n) is 2.74. The molecule has 0 fully saturated rings. The van der Waals surface area contributed by atoms with Crippen molar-refractivity contribution in [2.45, 2.75) is 6.92 Å². The first-order valence-corrected chi connectivity index (χ1v) is 6.26. The van der Waals surface area contributed by atoms with E-state index >= 15 is 0 Å². The molecule has 1 amide bonds. The number of rotatable bonds is 3. The first-order valence-electron chi connectivity index (χ1n) is 5.88. The van der Waals surface area contributed by atoms with Crippen LogP contribution in [0.25, 0.3) is 0 Å². The number of carbonyl (C=O) groups excluding carboxylic acids is 1. The van der Waals surface area contributed by atoms with Crippen molar-refractivity contribution in [3.8, 4) is 5.75 Å². The number of ether oxygens (including phenoxy) is 1. The van der Waals surface area contributed by atoms with Gasteiger partial charge in [0.15, 0.2) is 0 Å². The summed E-state index contributed by atoms with van der Waals surface area (Å²) < 4.78 is 5.15. The Morgan fingerprint density at radius 1 is 1.40 bits per heavy atom. The molecule has 3 N–H and O–H groups in total. The van der Waals surface area contributed by atoms with E-state index in [2.05, 4.69) is 10.3 Å². The molecule has 2 rings (SSSR count). The van der Waals surface area contributed by atoms with Crippen LogP contribution in [0.1, 0.15) is 15.9 Å². The normalized spacial score (nSPS) is 10.2. The number of aryl methyl sites for hydroxylation is 1. The van der Waals surface area contributed by atoms with Crippen molar-refractivity contribution in [2.24, 2.45) is 0 Å². The Bertz CT molecular complexity index is 659. The van der Waals surface area contributed by atoms with E-state index in [1.165, 1.54) is 13.3 Å². The summed E-state index contributed by atoms with van der Waals surface area (Å²) in [7, 11) is 1.50. The van der Waals surface area contributed by atoms with Crippen LogP contribution in [0.4, 0.5) is 11.4 Å². The number of amides is 1. The van der Waals surface area contributed by atoms with Crippen LogP contribution in [0, 0.1) is 6.92 Å². The van der Waals surface area contributed by atoms with E-state index in [0.717, 1.165) is 5.56 Å². The molecule has 0 atom stereocenters. The van der Waals surface area contributed by atoms with Crippen LogP contribution in [0.5, 0.6) is 5.75 Å². The average Bonchev–Trinajstić information content (AvgIpc) is 2.43. The van der Waals surface area contributed by atoms with Gasteiger partial charge in [0.2, 0.25) is 0 Å². The number of anilines is 2. The second-order valence-corrected chi connectivity index (χ2v) is 4.60.